The Bertz CT molecular complexity index is 638. The maximum Gasteiger partial charge on any atom is 0.231 e. The molecule has 4 rings (SSSR count). The number of rotatable bonds is 3. The fourth-order valence-electron chi connectivity index (χ4n) is 2.53. The maximum absolute atomic E-state index is 5.42. The molecule has 21 heavy (non-hydrogen) atoms. The van der Waals surface area contributed by atoms with Gasteiger partial charge < -0.3 is 14.2 Å². The molecule has 5 nitrogen and oxygen atoms in total. The van der Waals surface area contributed by atoms with Crippen molar-refractivity contribution < 1.29 is 14.2 Å². The number of nitrogens with zero attached hydrogens (tertiary/aromatic N) is 2. The third-order valence-corrected chi connectivity index (χ3v) is 4.60. The van der Waals surface area contributed by atoms with Gasteiger partial charge in [0.15, 0.2) is 11.5 Å². The largest absolute Gasteiger partial charge is 0.454 e. The summed E-state index contributed by atoms with van der Waals surface area (Å²) in [5.74, 6) is 1.61. The van der Waals surface area contributed by atoms with Crippen LogP contribution < -0.4 is 9.47 Å². The van der Waals surface area contributed by atoms with E-state index in [9.17, 15) is 0 Å². The Morgan fingerprint density at radius 3 is 2.90 bits per heavy atom. The average molecular weight is 304 g/mol. The molecule has 1 saturated heterocycles. The Kier molecular flexibility index (Phi) is 3.50. The van der Waals surface area contributed by atoms with Crippen LogP contribution in [0.1, 0.15) is 5.69 Å². The lowest BCUT2D eigenvalue weighted by atomic mass is 10.2. The van der Waals surface area contributed by atoms with Crippen LogP contribution in [-0.2, 0) is 11.3 Å². The molecule has 0 aliphatic carbocycles. The lowest BCUT2D eigenvalue weighted by molar-refractivity contribution is 0.0337. The zero-order valence-electron chi connectivity index (χ0n) is 11.6. The molecule has 0 atom stereocenters. The van der Waals surface area contributed by atoms with E-state index in [0.717, 1.165) is 60.6 Å². The highest BCUT2D eigenvalue weighted by atomic mass is 32.1. The lowest BCUT2D eigenvalue weighted by Gasteiger charge is -2.25. The summed E-state index contributed by atoms with van der Waals surface area (Å²) in [6, 6.07) is 5.98. The molecule has 1 aromatic carbocycles. The van der Waals surface area contributed by atoms with E-state index in [-0.39, 0.29) is 0 Å². The zero-order chi connectivity index (χ0) is 14.1. The van der Waals surface area contributed by atoms with Crippen molar-refractivity contribution in [3.63, 3.8) is 0 Å². The van der Waals surface area contributed by atoms with Crippen LogP contribution in [0.15, 0.2) is 23.6 Å². The second kappa shape index (κ2) is 5.63. The standard InChI is InChI=1S/C15H16N2O3S/c1-2-13-14(20-10-19-13)7-11(1)15-16-12(9-21-15)8-17-3-5-18-6-4-17/h1-2,7,9H,3-6,8,10H2. The predicted octanol–water partition coefficient (Wildman–Crippen LogP) is 2.37. The molecule has 0 radical (unpaired) electrons. The van der Waals surface area contributed by atoms with Crippen LogP contribution in [-0.4, -0.2) is 43.0 Å². The van der Waals surface area contributed by atoms with Gasteiger partial charge in [0.1, 0.15) is 5.01 Å². The fourth-order valence-corrected chi connectivity index (χ4v) is 3.34. The van der Waals surface area contributed by atoms with E-state index < -0.39 is 0 Å². The van der Waals surface area contributed by atoms with Crippen molar-refractivity contribution in [2.24, 2.45) is 0 Å². The highest BCUT2D eigenvalue weighted by Crippen LogP contribution is 2.36. The second-order valence-electron chi connectivity index (χ2n) is 5.10. The van der Waals surface area contributed by atoms with Gasteiger partial charge in [0.2, 0.25) is 6.79 Å². The molecule has 0 spiro atoms. The summed E-state index contributed by atoms with van der Waals surface area (Å²) >= 11 is 1.67. The highest BCUT2D eigenvalue weighted by molar-refractivity contribution is 7.13. The number of thiazole rings is 1. The van der Waals surface area contributed by atoms with E-state index in [1.165, 1.54) is 0 Å². The molecule has 0 unspecified atom stereocenters. The number of aromatic nitrogens is 1. The normalized spacial score (nSPS) is 18.1. The minimum atomic E-state index is 0.305. The number of ether oxygens (including phenoxy) is 3. The number of morpholine rings is 1. The summed E-state index contributed by atoms with van der Waals surface area (Å²) in [6.45, 7) is 4.80. The van der Waals surface area contributed by atoms with Crippen molar-refractivity contribution in [2.75, 3.05) is 33.1 Å². The Morgan fingerprint density at radius 1 is 1.14 bits per heavy atom. The van der Waals surface area contributed by atoms with E-state index in [0.29, 0.717) is 6.79 Å². The molecule has 0 saturated carbocycles. The van der Waals surface area contributed by atoms with Crippen molar-refractivity contribution in [3.8, 4) is 22.1 Å². The third-order valence-electron chi connectivity index (χ3n) is 3.66. The molecule has 0 N–H and O–H groups in total. The molecule has 0 amide bonds. The van der Waals surface area contributed by atoms with Crippen LogP contribution in [0, 0.1) is 0 Å². The Labute approximate surface area is 127 Å². The number of hydrogen-bond donors (Lipinski definition) is 0. The highest BCUT2D eigenvalue weighted by Gasteiger charge is 2.16. The van der Waals surface area contributed by atoms with Gasteiger partial charge >= 0.3 is 0 Å². The van der Waals surface area contributed by atoms with Crippen LogP contribution in [0.3, 0.4) is 0 Å². The van der Waals surface area contributed by atoms with Crippen molar-refractivity contribution in [1.82, 2.24) is 9.88 Å². The third kappa shape index (κ3) is 2.74. The number of benzene rings is 1. The summed E-state index contributed by atoms with van der Waals surface area (Å²) in [7, 11) is 0. The van der Waals surface area contributed by atoms with Gasteiger partial charge in [0.25, 0.3) is 0 Å². The van der Waals surface area contributed by atoms with E-state index >= 15 is 0 Å². The van der Waals surface area contributed by atoms with Gasteiger partial charge in [-0.05, 0) is 18.2 Å². The quantitative estimate of drug-likeness (QED) is 0.871. The fraction of sp³-hybridized carbons (Fsp3) is 0.400. The first kappa shape index (κ1) is 13.1. The van der Waals surface area contributed by atoms with Crippen molar-refractivity contribution >= 4 is 11.3 Å². The van der Waals surface area contributed by atoms with Gasteiger partial charge in [0, 0.05) is 30.6 Å². The van der Waals surface area contributed by atoms with Crippen molar-refractivity contribution in [3.05, 3.63) is 29.3 Å². The summed E-state index contributed by atoms with van der Waals surface area (Å²) in [4.78, 5) is 7.12. The molecule has 6 heteroatoms. The van der Waals surface area contributed by atoms with Crippen LogP contribution >= 0.6 is 11.3 Å². The van der Waals surface area contributed by atoms with Crippen LogP contribution in [0.25, 0.3) is 10.6 Å². The first-order chi connectivity index (χ1) is 10.4. The van der Waals surface area contributed by atoms with Gasteiger partial charge in [0.05, 0.1) is 18.9 Å². The Morgan fingerprint density at radius 2 is 2.00 bits per heavy atom. The van der Waals surface area contributed by atoms with E-state index in [1.54, 1.807) is 11.3 Å². The summed E-state index contributed by atoms with van der Waals surface area (Å²) in [5.41, 5.74) is 2.20. The lowest BCUT2D eigenvalue weighted by Crippen LogP contribution is -2.35. The molecular formula is C15H16N2O3S. The summed E-state index contributed by atoms with van der Waals surface area (Å²) < 4.78 is 16.1. The number of fused-ring (bicyclic) bond motifs is 1. The van der Waals surface area contributed by atoms with E-state index in [2.05, 4.69) is 10.3 Å². The Balaban J connectivity index is 1.51. The van der Waals surface area contributed by atoms with Crippen LogP contribution in [0.2, 0.25) is 0 Å². The van der Waals surface area contributed by atoms with Crippen LogP contribution in [0.5, 0.6) is 11.5 Å². The van der Waals surface area contributed by atoms with Crippen molar-refractivity contribution in [1.29, 1.82) is 0 Å². The first-order valence-electron chi connectivity index (χ1n) is 7.03. The number of hydrogen-bond acceptors (Lipinski definition) is 6. The minimum Gasteiger partial charge on any atom is -0.454 e. The predicted molar refractivity (Wildman–Crippen MR) is 79.8 cm³/mol. The average Bonchev–Trinajstić information content (AvgIpc) is 3.16. The molecule has 1 aromatic heterocycles. The molecule has 1 fully saturated rings. The summed E-state index contributed by atoms with van der Waals surface area (Å²) in [6.07, 6.45) is 0. The van der Waals surface area contributed by atoms with Gasteiger partial charge in [-0.3, -0.25) is 4.90 Å². The molecule has 3 heterocycles. The van der Waals surface area contributed by atoms with Gasteiger partial charge in [-0.2, -0.15) is 0 Å². The zero-order valence-corrected chi connectivity index (χ0v) is 12.4. The summed E-state index contributed by atoms with van der Waals surface area (Å²) in [5, 5.41) is 3.16. The molecule has 2 aliphatic rings. The second-order valence-corrected chi connectivity index (χ2v) is 5.96. The van der Waals surface area contributed by atoms with E-state index in [4.69, 9.17) is 19.2 Å². The maximum atomic E-state index is 5.42. The SMILES string of the molecule is c1cc2c(cc1-c1nc(CN3CCOCC3)cs1)OCO2. The Hall–Kier alpha value is -1.63. The van der Waals surface area contributed by atoms with Crippen molar-refractivity contribution in [2.45, 2.75) is 6.54 Å². The molecular weight excluding hydrogens is 288 g/mol. The van der Waals surface area contributed by atoms with Gasteiger partial charge in [-0.1, -0.05) is 0 Å². The smallest absolute Gasteiger partial charge is 0.231 e. The topological polar surface area (TPSA) is 43.8 Å². The van der Waals surface area contributed by atoms with Crippen LogP contribution in [0.4, 0.5) is 0 Å². The van der Waals surface area contributed by atoms with Gasteiger partial charge in [-0.25, -0.2) is 4.98 Å². The molecule has 0 bridgehead atoms. The molecule has 2 aliphatic heterocycles. The van der Waals surface area contributed by atoms with Gasteiger partial charge in [-0.15, -0.1) is 11.3 Å². The first-order valence-corrected chi connectivity index (χ1v) is 7.91. The van der Waals surface area contributed by atoms with E-state index in [1.807, 2.05) is 18.2 Å². The molecule has 2 aromatic rings. The monoisotopic (exact) mass is 304 g/mol. The molecule has 110 valence electrons. The minimum absolute atomic E-state index is 0.305.